The highest BCUT2D eigenvalue weighted by Crippen LogP contribution is 2.44. The van der Waals surface area contributed by atoms with Crippen LogP contribution in [0.1, 0.15) is 57.8 Å². The number of carbonyl (C=O) groups is 1. The van der Waals surface area contributed by atoms with E-state index in [-0.39, 0.29) is 17.4 Å². The Morgan fingerprint density at radius 3 is 2.48 bits per heavy atom. The van der Waals surface area contributed by atoms with Crippen molar-refractivity contribution in [3.8, 4) is 0 Å². The number of likely N-dealkylation sites (tertiary alicyclic amines) is 1. The minimum Gasteiger partial charge on any atom is -0.381 e. The lowest BCUT2D eigenvalue weighted by Gasteiger charge is -2.51. The maximum absolute atomic E-state index is 12.2. The monoisotopic (exact) mass is 294 g/mol. The molecular weight excluding hydrogens is 264 g/mol. The van der Waals surface area contributed by atoms with E-state index in [1.165, 1.54) is 38.5 Å². The molecule has 120 valence electrons. The normalized spacial score (nSPS) is 31.3. The summed E-state index contributed by atoms with van der Waals surface area (Å²) in [5.74, 6) is 0.669. The second kappa shape index (κ2) is 6.66. The summed E-state index contributed by atoms with van der Waals surface area (Å²) >= 11 is 0. The molecule has 1 saturated carbocycles. The second-order valence-corrected chi connectivity index (χ2v) is 7.38. The van der Waals surface area contributed by atoms with Gasteiger partial charge in [0.15, 0.2) is 0 Å². The fourth-order valence-electron chi connectivity index (χ4n) is 4.97. The predicted molar refractivity (Wildman–Crippen MR) is 82.9 cm³/mol. The van der Waals surface area contributed by atoms with Crippen LogP contribution in [-0.4, -0.2) is 43.2 Å². The molecule has 3 aliphatic rings. The molecule has 2 N–H and O–H groups in total. The van der Waals surface area contributed by atoms with E-state index in [1.54, 1.807) is 0 Å². The SMILES string of the molecule is NC(=O)C1N(CC2CCCCC2)CCCC12CCOCC2. The Morgan fingerprint density at radius 1 is 1.10 bits per heavy atom. The van der Waals surface area contributed by atoms with Crippen molar-refractivity contribution in [3.05, 3.63) is 0 Å². The van der Waals surface area contributed by atoms with Crippen molar-refractivity contribution in [2.75, 3.05) is 26.3 Å². The number of piperidine rings is 1. The Bertz CT molecular complexity index is 354. The molecule has 2 heterocycles. The van der Waals surface area contributed by atoms with Crippen LogP contribution in [0.15, 0.2) is 0 Å². The van der Waals surface area contributed by atoms with Crippen LogP contribution in [0, 0.1) is 11.3 Å². The summed E-state index contributed by atoms with van der Waals surface area (Å²) in [5, 5.41) is 0. The van der Waals surface area contributed by atoms with E-state index in [2.05, 4.69) is 4.90 Å². The molecule has 2 saturated heterocycles. The summed E-state index contributed by atoms with van der Waals surface area (Å²) in [5.41, 5.74) is 5.94. The van der Waals surface area contributed by atoms with Gasteiger partial charge in [-0.15, -0.1) is 0 Å². The molecule has 1 unspecified atom stereocenters. The number of ether oxygens (including phenoxy) is 1. The van der Waals surface area contributed by atoms with Crippen LogP contribution in [0.25, 0.3) is 0 Å². The van der Waals surface area contributed by atoms with Crippen LogP contribution in [0.3, 0.4) is 0 Å². The van der Waals surface area contributed by atoms with Crippen molar-refractivity contribution in [2.24, 2.45) is 17.1 Å². The van der Waals surface area contributed by atoms with Crippen LogP contribution < -0.4 is 5.73 Å². The summed E-state index contributed by atoms with van der Waals surface area (Å²) in [7, 11) is 0. The Morgan fingerprint density at radius 2 is 1.81 bits per heavy atom. The molecule has 1 atom stereocenters. The zero-order chi connectivity index (χ0) is 14.7. The molecule has 0 aromatic carbocycles. The highest BCUT2D eigenvalue weighted by Gasteiger charge is 2.48. The summed E-state index contributed by atoms with van der Waals surface area (Å²) in [6, 6.07) is -0.0583. The highest BCUT2D eigenvalue weighted by molar-refractivity contribution is 5.81. The van der Waals surface area contributed by atoms with E-state index in [0.29, 0.717) is 0 Å². The van der Waals surface area contributed by atoms with Gasteiger partial charge in [-0.05, 0) is 56.4 Å². The smallest absolute Gasteiger partial charge is 0.235 e. The minimum atomic E-state index is -0.104. The third kappa shape index (κ3) is 3.26. The van der Waals surface area contributed by atoms with Gasteiger partial charge >= 0.3 is 0 Å². The minimum absolute atomic E-state index is 0.0583. The molecule has 0 aromatic heterocycles. The first-order valence-corrected chi connectivity index (χ1v) is 8.82. The van der Waals surface area contributed by atoms with Crippen LogP contribution in [0.5, 0.6) is 0 Å². The average molecular weight is 294 g/mol. The lowest BCUT2D eigenvalue weighted by molar-refractivity contribution is -0.138. The van der Waals surface area contributed by atoms with Crippen LogP contribution >= 0.6 is 0 Å². The lowest BCUT2D eigenvalue weighted by atomic mass is 9.67. The van der Waals surface area contributed by atoms with E-state index >= 15 is 0 Å². The molecule has 4 heteroatoms. The average Bonchev–Trinajstić information content (AvgIpc) is 2.49. The number of hydrogen-bond donors (Lipinski definition) is 1. The van der Waals surface area contributed by atoms with Gasteiger partial charge in [-0.1, -0.05) is 19.3 Å². The third-order valence-electron chi connectivity index (χ3n) is 6.04. The molecule has 3 fully saturated rings. The van der Waals surface area contributed by atoms with Gasteiger partial charge in [-0.3, -0.25) is 9.69 Å². The molecule has 3 rings (SSSR count). The van der Waals surface area contributed by atoms with E-state index in [1.807, 2.05) is 0 Å². The summed E-state index contributed by atoms with van der Waals surface area (Å²) in [6.07, 6.45) is 11.1. The topological polar surface area (TPSA) is 55.6 Å². The molecule has 1 aliphatic carbocycles. The lowest BCUT2D eigenvalue weighted by Crippen LogP contribution is -2.60. The van der Waals surface area contributed by atoms with Crippen molar-refractivity contribution in [2.45, 2.75) is 63.8 Å². The van der Waals surface area contributed by atoms with Gasteiger partial charge in [-0.25, -0.2) is 0 Å². The first-order chi connectivity index (χ1) is 10.2. The Balaban J connectivity index is 1.73. The number of hydrogen-bond acceptors (Lipinski definition) is 3. The third-order valence-corrected chi connectivity index (χ3v) is 6.04. The number of carbonyl (C=O) groups excluding carboxylic acids is 1. The molecule has 4 nitrogen and oxygen atoms in total. The van der Waals surface area contributed by atoms with Crippen molar-refractivity contribution < 1.29 is 9.53 Å². The molecule has 0 aromatic rings. The molecular formula is C17H30N2O2. The molecule has 1 spiro atoms. The zero-order valence-electron chi connectivity index (χ0n) is 13.2. The van der Waals surface area contributed by atoms with Crippen molar-refractivity contribution in [1.29, 1.82) is 0 Å². The highest BCUT2D eigenvalue weighted by atomic mass is 16.5. The van der Waals surface area contributed by atoms with Gasteiger partial charge in [0.2, 0.25) is 5.91 Å². The van der Waals surface area contributed by atoms with E-state index < -0.39 is 0 Å². The summed E-state index contributed by atoms with van der Waals surface area (Å²) in [6.45, 7) is 3.71. The van der Waals surface area contributed by atoms with E-state index in [0.717, 1.165) is 51.5 Å². The molecule has 1 amide bonds. The Hall–Kier alpha value is -0.610. The largest absolute Gasteiger partial charge is 0.381 e. The quantitative estimate of drug-likeness (QED) is 0.869. The van der Waals surface area contributed by atoms with Crippen LogP contribution in [0.2, 0.25) is 0 Å². The zero-order valence-corrected chi connectivity index (χ0v) is 13.2. The van der Waals surface area contributed by atoms with Crippen molar-refractivity contribution in [3.63, 3.8) is 0 Å². The maximum atomic E-state index is 12.2. The second-order valence-electron chi connectivity index (χ2n) is 7.38. The molecule has 0 bridgehead atoms. The van der Waals surface area contributed by atoms with Crippen molar-refractivity contribution in [1.82, 2.24) is 4.90 Å². The molecule has 2 aliphatic heterocycles. The van der Waals surface area contributed by atoms with Gasteiger partial charge in [-0.2, -0.15) is 0 Å². The first kappa shape index (κ1) is 15.3. The fraction of sp³-hybridized carbons (Fsp3) is 0.941. The molecule has 21 heavy (non-hydrogen) atoms. The van der Waals surface area contributed by atoms with E-state index in [4.69, 9.17) is 10.5 Å². The van der Waals surface area contributed by atoms with Gasteiger partial charge in [0, 0.05) is 19.8 Å². The van der Waals surface area contributed by atoms with Crippen LogP contribution in [-0.2, 0) is 9.53 Å². The predicted octanol–water partition coefficient (Wildman–Crippen LogP) is 2.31. The summed E-state index contributed by atoms with van der Waals surface area (Å²) < 4.78 is 5.54. The van der Waals surface area contributed by atoms with Gasteiger partial charge in [0.05, 0.1) is 6.04 Å². The Kier molecular flexibility index (Phi) is 4.85. The van der Waals surface area contributed by atoms with Crippen LogP contribution in [0.4, 0.5) is 0 Å². The van der Waals surface area contributed by atoms with Gasteiger partial charge in [0.25, 0.3) is 0 Å². The van der Waals surface area contributed by atoms with Crippen molar-refractivity contribution >= 4 is 5.91 Å². The summed E-state index contributed by atoms with van der Waals surface area (Å²) in [4.78, 5) is 14.7. The number of primary amides is 1. The number of amides is 1. The number of nitrogens with zero attached hydrogens (tertiary/aromatic N) is 1. The van der Waals surface area contributed by atoms with Gasteiger partial charge < -0.3 is 10.5 Å². The van der Waals surface area contributed by atoms with Gasteiger partial charge in [0.1, 0.15) is 0 Å². The number of nitrogens with two attached hydrogens (primary N) is 1. The molecule has 0 radical (unpaired) electrons. The number of rotatable bonds is 3. The fourth-order valence-corrected chi connectivity index (χ4v) is 4.97. The van der Waals surface area contributed by atoms with E-state index in [9.17, 15) is 4.79 Å². The standard InChI is InChI=1S/C17H30N2O2/c18-16(20)15-17(8-11-21-12-9-17)7-4-10-19(15)13-14-5-2-1-3-6-14/h14-15H,1-13H2,(H2,18,20). The first-order valence-electron chi connectivity index (χ1n) is 8.82. The Labute approximate surface area is 128 Å². The maximum Gasteiger partial charge on any atom is 0.235 e.